The second-order valence-corrected chi connectivity index (χ2v) is 5.95. The van der Waals surface area contributed by atoms with Gasteiger partial charge in [-0.1, -0.05) is 44.0 Å². The van der Waals surface area contributed by atoms with Crippen LogP contribution in [0.1, 0.15) is 17.0 Å². The molecule has 1 aromatic carbocycles. The van der Waals surface area contributed by atoms with Gasteiger partial charge in [0, 0.05) is 28.2 Å². The lowest BCUT2D eigenvalue weighted by Gasteiger charge is -2.20. The van der Waals surface area contributed by atoms with Gasteiger partial charge in [0.05, 0.1) is 12.2 Å². The van der Waals surface area contributed by atoms with Crippen molar-refractivity contribution in [3.8, 4) is 0 Å². The molecule has 0 saturated heterocycles. The van der Waals surface area contributed by atoms with Crippen LogP contribution in [0.4, 0.5) is 5.69 Å². The predicted octanol–water partition coefficient (Wildman–Crippen LogP) is 4.68. The van der Waals surface area contributed by atoms with Gasteiger partial charge >= 0.3 is 0 Å². The second-order valence-electron chi connectivity index (χ2n) is 4.54. The standard InChI is InChI=1S/C15H16Br2N2/c1-11-4-3-5-13(18-11)10-19(2)14-7-6-12(9-16)15(17)8-14/h3-8H,9-10H2,1-2H3. The molecule has 0 spiro atoms. The molecule has 1 aromatic heterocycles. The van der Waals surface area contributed by atoms with E-state index in [-0.39, 0.29) is 0 Å². The molecule has 0 saturated carbocycles. The van der Waals surface area contributed by atoms with E-state index in [2.05, 4.69) is 79.1 Å². The fourth-order valence-electron chi connectivity index (χ4n) is 1.90. The second kappa shape index (κ2) is 6.53. The molecular weight excluding hydrogens is 368 g/mol. The SMILES string of the molecule is Cc1cccc(CN(C)c2ccc(CBr)c(Br)c2)n1. The van der Waals surface area contributed by atoms with Crippen LogP contribution in [0.15, 0.2) is 40.9 Å². The minimum Gasteiger partial charge on any atom is -0.369 e. The highest BCUT2D eigenvalue weighted by Gasteiger charge is 2.06. The molecule has 0 aliphatic carbocycles. The number of alkyl halides is 1. The Morgan fingerprint density at radius 1 is 1.21 bits per heavy atom. The third-order valence-electron chi connectivity index (χ3n) is 2.97. The van der Waals surface area contributed by atoms with E-state index in [1.807, 2.05) is 13.0 Å². The van der Waals surface area contributed by atoms with Gasteiger partial charge in [0.2, 0.25) is 0 Å². The number of aromatic nitrogens is 1. The maximum absolute atomic E-state index is 4.53. The summed E-state index contributed by atoms with van der Waals surface area (Å²) in [6, 6.07) is 12.5. The Morgan fingerprint density at radius 3 is 2.63 bits per heavy atom. The highest BCUT2D eigenvalue weighted by Crippen LogP contribution is 2.25. The third-order valence-corrected chi connectivity index (χ3v) is 4.31. The molecule has 2 aromatic rings. The average molecular weight is 384 g/mol. The van der Waals surface area contributed by atoms with Gasteiger partial charge in [-0.05, 0) is 36.8 Å². The number of halogens is 2. The largest absolute Gasteiger partial charge is 0.369 e. The van der Waals surface area contributed by atoms with Gasteiger partial charge in [-0.2, -0.15) is 0 Å². The van der Waals surface area contributed by atoms with Crippen molar-refractivity contribution in [1.29, 1.82) is 0 Å². The summed E-state index contributed by atoms with van der Waals surface area (Å²) >= 11 is 7.08. The number of rotatable bonds is 4. The number of benzene rings is 1. The van der Waals surface area contributed by atoms with Crippen molar-refractivity contribution in [3.05, 3.63) is 57.8 Å². The van der Waals surface area contributed by atoms with Crippen LogP contribution in [0.25, 0.3) is 0 Å². The number of anilines is 1. The highest BCUT2D eigenvalue weighted by atomic mass is 79.9. The summed E-state index contributed by atoms with van der Waals surface area (Å²) in [5.41, 5.74) is 4.58. The van der Waals surface area contributed by atoms with Crippen molar-refractivity contribution < 1.29 is 0 Å². The van der Waals surface area contributed by atoms with E-state index in [1.54, 1.807) is 0 Å². The van der Waals surface area contributed by atoms with Crippen LogP contribution in [0.5, 0.6) is 0 Å². The van der Waals surface area contributed by atoms with E-state index in [4.69, 9.17) is 0 Å². The minimum absolute atomic E-state index is 0.807. The van der Waals surface area contributed by atoms with Gasteiger partial charge in [-0.3, -0.25) is 4.98 Å². The quantitative estimate of drug-likeness (QED) is 0.712. The normalized spacial score (nSPS) is 10.5. The fourth-order valence-corrected chi connectivity index (χ4v) is 3.28. The Kier molecular flexibility index (Phi) is 4.99. The van der Waals surface area contributed by atoms with E-state index in [1.165, 1.54) is 11.3 Å². The molecule has 0 fully saturated rings. The maximum atomic E-state index is 4.53. The Balaban J connectivity index is 2.15. The number of nitrogens with zero attached hydrogens (tertiary/aromatic N) is 2. The summed E-state index contributed by atoms with van der Waals surface area (Å²) < 4.78 is 1.13. The number of pyridine rings is 1. The van der Waals surface area contributed by atoms with E-state index < -0.39 is 0 Å². The van der Waals surface area contributed by atoms with Crippen LogP contribution in [-0.4, -0.2) is 12.0 Å². The molecule has 0 N–H and O–H groups in total. The van der Waals surface area contributed by atoms with Crippen molar-refractivity contribution in [1.82, 2.24) is 4.98 Å². The van der Waals surface area contributed by atoms with Gasteiger partial charge in [0.15, 0.2) is 0 Å². The van der Waals surface area contributed by atoms with Crippen LogP contribution in [-0.2, 0) is 11.9 Å². The van der Waals surface area contributed by atoms with E-state index in [0.29, 0.717) is 0 Å². The van der Waals surface area contributed by atoms with Crippen LogP contribution in [0.2, 0.25) is 0 Å². The molecule has 0 unspecified atom stereocenters. The smallest absolute Gasteiger partial charge is 0.0600 e. The predicted molar refractivity (Wildman–Crippen MR) is 87.9 cm³/mol. The van der Waals surface area contributed by atoms with E-state index in [9.17, 15) is 0 Å². The molecule has 2 rings (SSSR count). The molecule has 0 aliphatic heterocycles. The molecule has 4 heteroatoms. The highest BCUT2D eigenvalue weighted by molar-refractivity contribution is 9.10. The molecule has 0 amide bonds. The monoisotopic (exact) mass is 382 g/mol. The molecule has 2 nitrogen and oxygen atoms in total. The van der Waals surface area contributed by atoms with Crippen molar-refractivity contribution in [2.45, 2.75) is 18.8 Å². The molecule has 0 atom stereocenters. The maximum Gasteiger partial charge on any atom is 0.0600 e. The van der Waals surface area contributed by atoms with Crippen LogP contribution in [0.3, 0.4) is 0 Å². The molecule has 19 heavy (non-hydrogen) atoms. The van der Waals surface area contributed by atoms with Crippen LogP contribution in [0, 0.1) is 6.92 Å². The summed E-state index contributed by atoms with van der Waals surface area (Å²) in [6.07, 6.45) is 0. The number of hydrogen-bond acceptors (Lipinski definition) is 2. The van der Waals surface area contributed by atoms with Gasteiger partial charge < -0.3 is 4.90 Å². The van der Waals surface area contributed by atoms with E-state index >= 15 is 0 Å². The molecule has 100 valence electrons. The number of hydrogen-bond donors (Lipinski definition) is 0. The summed E-state index contributed by atoms with van der Waals surface area (Å²) in [6.45, 7) is 2.83. The van der Waals surface area contributed by atoms with Crippen molar-refractivity contribution in [3.63, 3.8) is 0 Å². The van der Waals surface area contributed by atoms with Crippen LogP contribution >= 0.6 is 31.9 Å². The minimum atomic E-state index is 0.807. The Hall–Kier alpha value is -0.870. The molecule has 0 radical (unpaired) electrons. The van der Waals surface area contributed by atoms with Gasteiger partial charge in [0.25, 0.3) is 0 Å². The first-order valence-electron chi connectivity index (χ1n) is 6.08. The van der Waals surface area contributed by atoms with Crippen molar-refractivity contribution in [2.24, 2.45) is 0 Å². The topological polar surface area (TPSA) is 16.1 Å². The average Bonchev–Trinajstić information content (AvgIpc) is 2.38. The first kappa shape index (κ1) is 14.5. The number of aryl methyl sites for hydroxylation is 1. The van der Waals surface area contributed by atoms with Crippen molar-refractivity contribution in [2.75, 3.05) is 11.9 Å². The molecule has 0 aliphatic rings. The zero-order chi connectivity index (χ0) is 13.8. The molecular formula is C15H16Br2N2. The van der Waals surface area contributed by atoms with Crippen LogP contribution < -0.4 is 4.90 Å². The van der Waals surface area contributed by atoms with Gasteiger partial charge in [0.1, 0.15) is 0 Å². The summed E-state index contributed by atoms with van der Waals surface area (Å²) in [5.74, 6) is 0. The zero-order valence-electron chi connectivity index (χ0n) is 11.0. The first-order valence-corrected chi connectivity index (χ1v) is 7.99. The first-order chi connectivity index (χ1) is 9.10. The lowest BCUT2D eigenvalue weighted by Crippen LogP contribution is -2.17. The van der Waals surface area contributed by atoms with Crippen molar-refractivity contribution >= 4 is 37.5 Å². The summed E-state index contributed by atoms with van der Waals surface area (Å²) in [5, 5.41) is 0.858. The van der Waals surface area contributed by atoms with Gasteiger partial charge in [-0.15, -0.1) is 0 Å². The summed E-state index contributed by atoms with van der Waals surface area (Å²) in [7, 11) is 2.08. The Morgan fingerprint density at radius 2 is 2.00 bits per heavy atom. The molecule has 1 heterocycles. The Labute approximate surface area is 131 Å². The van der Waals surface area contributed by atoms with Gasteiger partial charge in [-0.25, -0.2) is 0 Å². The van der Waals surface area contributed by atoms with E-state index in [0.717, 1.165) is 27.7 Å². The zero-order valence-corrected chi connectivity index (χ0v) is 14.2. The lowest BCUT2D eigenvalue weighted by atomic mass is 10.2. The third kappa shape index (κ3) is 3.80. The Bertz CT molecular complexity index is 570. The fraction of sp³-hybridized carbons (Fsp3) is 0.267. The summed E-state index contributed by atoms with van der Waals surface area (Å²) in [4.78, 5) is 6.73. The molecule has 0 bridgehead atoms. The lowest BCUT2D eigenvalue weighted by molar-refractivity contribution is 0.876.